The number of amides is 2. The van der Waals surface area contributed by atoms with Crippen LogP contribution in [0.2, 0.25) is 0 Å². The quantitative estimate of drug-likeness (QED) is 0.490. The summed E-state index contributed by atoms with van der Waals surface area (Å²) < 4.78 is 8.45. The summed E-state index contributed by atoms with van der Waals surface area (Å²) in [7, 11) is 0. The summed E-state index contributed by atoms with van der Waals surface area (Å²) in [5, 5.41) is 17.0. The Morgan fingerprint density at radius 1 is 1.13 bits per heavy atom. The third-order valence-electron chi connectivity index (χ3n) is 4.45. The van der Waals surface area contributed by atoms with Crippen molar-refractivity contribution in [2.24, 2.45) is 0 Å². The third kappa shape index (κ3) is 5.49. The Morgan fingerprint density at radius 2 is 1.80 bits per heavy atom. The highest BCUT2D eigenvalue weighted by atomic mass is 16.6. The van der Waals surface area contributed by atoms with E-state index in [4.69, 9.17) is 4.74 Å². The molecule has 164 valence electrons. The lowest BCUT2D eigenvalue weighted by Crippen LogP contribution is -2.44. The van der Waals surface area contributed by atoms with Crippen molar-refractivity contribution in [2.45, 2.75) is 59.7 Å². The average Bonchev–Trinajstić information content (AvgIpc) is 2.99. The van der Waals surface area contributed by atoms with Crippen LogP contribution in [-0.2, 0) is 17.8 Å². The van der Waals surface area contributed by atoms with E-state index in [0.717, 1.165) is 5.52 Å². The highest BCUT2D eigenvalue weighted by Crippen LogP contribution is 2.17. The predicted octanol–water partition coefficient (Wildman–Crippen LogP) is 0.977. The molecule has 0 spiro atoms. The first kappa shape index (κ1) is 23.2. The maximum atomic E-state index is 12.5. The smallest absolute Gasteiger partial charge is 0.407 e. The van der Waals surface area contributed by atoms with Gasteiger partial charge < -0.3 is 25.3 Å². The SMILES string of the molecule is CCn1c(C(=O)[O-])[n+](CC)c2ccc(C(=O)NCCCNC(=O)OC(C)(C)C)cc21. The molecule has 0 bridgehead atoms. The van der Waals surface area contributed by atoms with Gasteiger partial charge in [-0.15, -0.1) is 0 Å². The van der Waals surface area contributed by atoms with E-state index in [2.05, 4.69) is 10.6 Å². The van der Waals surface area contributed by atoms with Crippen LogP contribution >= 0.6 is 0 Å². The number of carbonyl (C=O) groups excluding carboxylic acids is 3. The van der Waals surface area contributed by atoms with Crippen LogP contribution in [0.15, 0.2) is 18.2 Å². The number of hydrogen-bond donors (Lipinski definition) is 2. The minimum Gasteiger partial charge on any atom is -0.538 e. The van der Waals surface area contributed by atoms with Crippen molar-refractivity contribution in [1.82, 2.24) is 15.2 Å². The van der Waals surface area contributed by atoms with E-state index in [1.54, 1.807) is 48.1 Å². The molecule has 1 aromatic carbocycles. The van der Waals surface area contributed by atoms with Crippen molar-refractivity contribution in [2.75, 3.05) is 13.1 Å². The maximum absolute atomic E-state index is 12.5. The first-order valence-electron chi connectivity index (χ1n) is 10.1. The predicted molar refractivity (Wildman–Crippen MR) is 109 cm³/mol. The maximum Gasteiger partial charge on any atom is 0.407 e. The molecule has 0 radical (unpaired) electrons. The Labute approximate surface area is 176 Å². The molecule has 2 aromatic rings. The Balaban J connectivity index is 2.02. The fourth-order valence-electron chi connectivity index (χ4n) is 3.24. The number of nitrogens with one attached hydrogen (secondary N) is 2. The zero-order valence-corrected chi connectivity index (χ0v) is 18.2. The largest absolute Gasteiger partial charge is 0.538 e. The summed E-state index contributed by atoms with van der Waals surface area (Å²) in [4.78, 5) is 35.7. The van der Waals surface area contributed by atoms with E-state index >= 15 is 0 Å². The standard InChI is InChI=1S/C21H30N4O5/c1-6-24-15-10-9-14(13-16(15)25(7-2)18(24)19(27)28)17(26)22-11-8-12-23-20(29)30-21(3,4)5/h9-10,13H,6-8,11-12H2,1-5H3,(H2-,22,23,26,27,28,29). The van der Waals surface area contributed by atoms with Crippen LogP contribution in [0, 0.1) is 0 Å². The first-order chi connectivity index (χ1) is 14.1. The van der Waals surface area contributed by atoms with E-state index < -0.39 is 17.7 Å². The molecule has 1 heterocycles. The summed E-state index contributed by atoms with van der Waals surface area (Å²) in [5.41, 5.74) is 1.27. The molecule has 9 heteroatoms. The highest BCUT2D eigenvalue weighted by molar-refractivity contribution is 5.97. The van der Waals surface area contributed by atoms with E-state index in [-0.39, 0.29) is 11.7 Å². The molecular weight excluding hydrogens is 388 g/mol. The fourth-order valence-corrected chi connectivity index (χ4v) is 3.24. The number of aromatic nitrogens is 2. The number of alkyl carbamates (subject to hydrolysis) is 1. The molecule has 0 aliphatic rings. The molecule has 0 unspecified atom stereocenters. The van der Waals surface area contributed by atoms with Gasteiger partial charge in [-0.1, -0.05) is 0 Å². The van der Waals surface area contributed by atoms with Gasteiger partial charge in [0.2, 0.25) is 0 Å². The van der Waals surface area contributed by atoms with Crippen LogP contribution in [0.5, 0.6) is 0 Å². The molecule has 0 atom stereocenters. The van der Waals surface area contributed by atoms with Gasteiger partial charge in [-0.25, -0.2) is 13.9 Å². The summed E-state index contributed by atoms with van der Waals surface area (Å²) in [5.74, 6) is -1.43. The molecule has 9 nitrogen and oxygen atoms in total. The number of imidazole rings is 1. The molecule has 30 heavy (non-hydrogen) atoms. The normalized spacial score (nSPS) is 11.4. The van der Waals surface area contributed by atoms with Gasteiger partial charge in [-0.3, -0.25) is 4.79 Å². The molecule has 0 aliphatic carbocycles. The number of benzene rings is 1. The second-order valence-electron chi connectivity index (χ2n) is 7.84. The molecular formula is C21H30N4O5. The number of ether oxygens (including phenoxy) is 1. The van der Waals surface area contributed by atoms with Crippen LogP contribution in [0.1, 0.15) is 62.0 Å². The Kier molecular flexibility index (Phi) is 7.42. The van der Waals surface area contributed by atoms with Gasteiger partial charge in [0.05, 0.1) is 13.1 Å². The minimum absolute atomic E-state index is 0.0841. The first-order valence-corrected chi connectivity index (χ1v) is 10.1. The van der Waals surface area contributed by atoms with Gasteiger partial charge in [0.15, 0.2) is 17.0 Å². The molecule has 0 saturated carbocycles. The minimum atomic E-state index is -1.25. The van der Waals surface area contributed by atoms with Crippen molar-refractivity contribution in [3.8, 4) is 0 Å². The second-order valence-corrected chi connectivity index (χ2v) is 7.84. The van der Waals surface area contributed by atoms with Crippen molar-refractivity contribution < 1.29 is 28.8 Å². The van der Waals surface area contributed by atoms with Crippen molar-refractivity contribution in [3.63, 3.8) is 0 Å². The zero-order valence-electron chi connectivity index (χ0n) is 18.2. The van der Waals surface area contributed by atoms with Crippen LogP contribution in [0.3, 0.4) is 0 Å². The van der Waals surface area contributed by atoms with Gasteiger partial charge >= 0.3 is 11.9 Å². The number of carboxylic acids is 1. The summed E-state index contributed by atoms with van der Waals surface area (Å²) >= 11 is 0. The van der Waals surface area contributed by atoms with Crippen LogP contribution in [-0.4, -0.2) is 41.2 Å². The van der Waals surface area contributed by atoms with Gasteiger partial charge in [-0.05, 0) is 53.2 Å². The Morgan fingerprint density at radius 3 is 2.37 bits per heavy atom. The average molecular weight is 418 g/mol. The van der Waals surface area contributed by atoms with Crippen molar-refractivity contribution >= 4 is 29.0 Å². The summed E-state index contributed by atoms with van der Waals surface area (Å²) in [6, 6.07) is 5.10. The highest BCUT2D eigenvalue weighted by Gasteiger charge is 2.25. The topological polar surface area (TPSA) is 116 Å². The number of nitrogens with zero attached hydrogens (tertiary/aromatic N) is 2. The Hall–Kier alpha value is -3.10. The van der Waals surface area contributed by atoms with Crippen molar-refractivity contribution in [3.05, 3.63) is 29.6 Å². The van der Waals surface area contributed by atoms with Gasteiger partial charge in [0, 0.05) is 24.7 Å². The van der Waals surface area contributed by atoms with E-state index in [9.17, 15) is 19.5 Å². The Bertz CT molecular complexity index is 943. The molecule has 2 N–H and O–H groups in total. The van der Waals surface area contributed by atoms with Gasteiger partial charge in [0.1, 0.15) is 5.60 Å². The van der Waals surface area contributed by atoms with Crippen LogP contribution in [0.4, 0.5) is 4.79 Å². The number of fused-ring (bicyclic) bond motifs is 1. The monoisotopic (exact) mass is 418 g/mol. The number of carboxylic acid groups (broad SMARTS) is 1. The molecule has 0 fully saturated rings. The second kappa shape index (κ2) is 9.60. The number of aryl methyl sites for hydroxylation is 2. The zero-order chi connectivity index (χ0) is 22.5. The summed E-state index contributed by atoms with van der Waals surface area (Å²) in [6.07, 6.45) is 0.0519. The third-order valence-corrected chi connectivity index (χ3v) is 4.45. The van der Waals surface area contributed by atoms with Gasteiger partial charge in [-0.2, -0.15) is 0 Å². The van der Waals surface area contributed by atoms with Crippen LogP contribution in [0.25, 0.3) is 11.0 Å². The number of aromatic carboxylic acids is 1. The lowest BCUT2D eigenvalue weighted by Gasteiger charge is -2.19. The lowest BCUT2D eigenvalue weighted by atomic mass is 10.2. The summed E-state index contributed by atoms with van der Waals surface area (Å²) in [6.45, 7) is 10.7. The van der Waals surface area contributed by atoms with Crippen molar-refractivity contribution in [1.29, 1.82) is 0 Å². The van der Waals surface area contributed by atoms with E-state index in [0.29, 0.717) is 43.7 Å². The van der Waals surface area contributed by atoms with E-state index in [1.165, 1.54) is 0 Å². The number of hydrogen-bond acceptors (Lipinski definition) is 5. The van der Waals surface area contributed by atoms with Gasteiger partial charge in [0.25, 0.3) is 5.91 Å². The molecule has 2 amide bonds. The van der Waals surface area contributed by atoms with E-state index in [1.807, 2.05) is 13.8 Å². The molecule has 2 rings (SSSR count). The van der Waals surface area contributed by atoms with Crippen LogP contribution < -0.4 is 20.3 Å². The molecule has 0 saturated heterocycles. The number of carbonyl (C=O) groups is 3. The molecule has 0 aliphatic heterocycles. The number of rotatable bonds is 8. The fraction of sp³-hybridized carbons (Fsp3) is 0.524. The lowest BCUT2D eigenvalue weighted by molar-refractivity contribution is -0.673. The molecule has 1 aromatic heterocycles.